The average molecular weight is 557 g/mol. The molecule has 41 heavy (non-hydrogen) atoms. The van der Waals surface area contributed by atoms with Crippen LogP contribution in [-0.4, -0.2) is 40.1 Å². The first kappa shape index (κ1) is 27.9. The lowest BCUT2D eigenvalue weighted by atomic mass is 9.45. The van der Waals surface area contributed by atoms with E-state index >= 15 is 0 Å². The molecule has 6 nitrogen and oxygen atoms in total. The number of benzene rings is 2. The van der Waals surface area contributed by atoms with Gasteiger partial charge in [0.15, 0.2) is 5.78 Å². The van der Waals surface area contributed by atoms with Crippen LogP contribution in [0.15, 0.2) is 78.4 Å². The highest BCUT2D eigenvalue weighted by molar-refractivity contribution is 6.01. The SMILES string of the molecule is C[C@H]1CC2C(C(O)CC3(C)C2CC[C@]3(O)C(=O)COc2ccc(OCc3ccccc3)cc2)C2(C)C=CC(=O)C=C12. The zero-order chi connectivity index (χ0) is 29.0. The van der Waals surface area contributed by atoms with Crippen molar-refractivity contribution in [1.29, 1.82) is 0 Å². The van der Waals surface area contributed by atoms with Crippen molar-refractivity contribution in [3.63, 3.8) is 0 Å². The summed E-state index contributed by atoms with van der Waals surface area (Å²) in [4.78, 5) is 25.8. The normalized spacial score (nSPS) is 37.4. The number of ether oxygens (including phenoxy) is 2. The van der Waals surface area contributed by atoms with Crippen molar-refractivity contribution >= 4 is 11.6 Å². The van der Waals surface area contributed by atoms with Crippen LogP contribution in [0.3, 0.4) is 0 Å². The number of fused-ring (bicyclic) bond motifs is 5. The second-order valence-electron chi connectivity index (χ2n) is 13.1. The minimum atomic E-state index is -1.57. The first-order valence-corrected chi connectivity index (χ1v) is 14.8. The molecule has 4 aliphatic rings. The van der Waals surface area contributed by atoms with Crippen LogP contribution in [0, 0.1) is 34.5 Å². The molecule has 6 unspecified atom stereocenters. The van der Waals surface area contributed by atoms with Gasteiger partial charge in [-0.3, -0.25) is 9.59 Å². The van der Waals surface area contributed by atoms with Gasteiger partial charge in [-0.15, -0.1) is 0 Å². The van der Waals surface area contributed by atoms with Crippen LogP contribution in [0.1, 0.15) is 52.0 Å². The maximum Gasteiger partial charge on any atom is 0.202 e. The van der Waals surface area contributed by atoms with Gasteiger partial charge in [0, 0.05) is 16.7 Å². The minimum absolute atomic E-state index is 0.00750. The summed E-state index contributed by atoms with van der Waals surface area (Å²) in [5, 5.41) is 23.6. The number of hydrogen-bond acceptors (Lipinski definition) is 6. The Morgan fingerprint density at radius 2 is 1.71 bits per heavy atom. The Morgan fingerprint density at radius 1 is 1.02 bits per heavy atom. The van der Waals surface area contributed by atoms with Crippen LogP contribution in [0.25, 0.3) is 0 Å². The molecule has 4 aliphatic carbocycles. The fraction of sp³-hybridized carbons (Fsp3) is 0.486. The summed E-state index contributed by atoms with van der Waals surface area (Å²) in [7, 11) is 0. The number of ketones is 2. The molecule has 0 aliphatic heterocycles. The van der Waals surface area contributed by atoms with Gasteiger partial charge < -0.3 is 19.7 Å². The second-order valence-corrected chi connectivity index (χ2v) is 13.1. The molecule has 0 radical (unpaired) electrons. The van der Waals surface area contributed by atoms with Gasteiger partial charge in [-0.05, 0) is 85.4 Å². The predicted octanol–water partition coefficient (Wildman–Crippen LogP) is 5.47. The number of allylic oxidation sites excluding steroid dienone is 4. The number of hydrogen-bond donors (Lipinski definition) is 2. The van der Waals surface area contributed by atoms with Gasteiger partial charge in [-0.1, -0.05) is 62.8 Å². The molecular formula is C35H40O6. The lowest BCUT2D eigenvalue weighted by molar-refractivity contribution is -0.179. The van der Waals surface area contributed by atoms with Crippen LogP contribution < -0.4 is 9.47 Å². The molecule has 6 rings (SSSR count). The van der Waals surface area contributed by atoms with E-state index in [1.54, 1.807) is 24.3 Å². The van der Waals surface area contributed by atoms with Crippen molar-refractivity contribution in [1.82, 2.24) is 0 Å². The largest absolute Gasteiger partial charge is 0.489 e. The summed E-state index contributed by atoms with van der Waals surface area (Å²) in [6.07, 6.45) is 6.95. The Balaban J connectivity index is 1.14. The molecule has 0 bridgehead atoms. The van der Waals surface area contributed by atoms with E-state index in [1.165, 1.54) is 0 Å². The first-order chi connectivity index (χ1) is 19.5. The number of rotatable bonds is 7. The van der Waals surface area contributed by atoms with E-state index in [4.69, 9.17) is 9.47 Å². The smallest absolute Gasteiger partial charge is 0.202 e. The molecule has 0 spiro atoms. The molecule has 8 atom stereocenters. The number of aliphatic hydroxyl groups excluding tert-OH is 1. The summed E-state index contributed by atoms with van der Waals surface area (Å²) >= 11 is 0. The third kappa shape index (κ3) is 4.56. The Hall–Kier alpha value is -3.22. The molecule has 0 heterocycles. The van der Waals surface area contributed by atoms with E-state index in [2.05, 4.69) is 13.8 Å². The van der Waals surface area contributed by atoms with Gasteiger partial charge in [0.25, 0.3) is 0 Å². The predicted molar refractivity (Wildman–Crippen MR) is 155 cm³/mol. The Morgan fingerprint density at radius 3 is 2.41 bits per heavy atom. The molecular weight excluding hydrogens is 516 g/mol. The van der Waals surface area contributed by atoms with Crippen molar-refractivity contribution in [3.8, 4) is 11.5 Å². The molecule has 2 aromatic rings. The highest BCUT2D eigenvalue weighted by Crippen LogP contribution is 2.67. The Kier molecular flexibility index (Phi) is 6.98. The maximum absolute atomic E-state index is 13.6. The van der Waals surface area contributed by atoms with E-state index in [-0.39, 0.29) is 41.8 Å². The van der Waals surface area contributed by atoms with Gasteiger partial charge in [0.2, 0.25) is 5.78 Å². The fourth-order valence-corrected chi connectivity index (χ4v) is 8.85. The molecule has 2 N–H and O–H groups in total. The summed E-state index contributed by atoms with van der Waals surface area (Å²) in [5.41, 5.74) is -0.548. The van der Waals surface area contributed by atoms with Crippen molar-refractivity contribution in [2.24, 2.45) is 34.5 Å². The number of aliphatic hydroxyl groups is 2. The number of Topliss-reactive ketones (excluding diaryl/α,β-unsaturated/α-hetero) is 1. The molecule has 3 fully saturated rings. The lowest BCUT2D eigenvalue weighted by Gasteiger charge is -2.60. The van der Waals surface area contributed by atoms with Gasteiger partial charge in [0.1, 0.15) is 30.3 Å². The molecule has 216 valence electrons. The molecule has 3 saturated carbocycles. The Labute approximate surface area is 242 Å². The van der Waals surface area contributed by atoms with Gasteiger partial charge in [0.05, 0.1) is 6.10 Å². The third-order valence-corrected chi connectivity index (χ3v) is 10.9. The highest BCUT2D eigenvalue weighted by Gasteiger charge is 2.68. The number of carbonyl (C=O) groups is 2. The summed E-state index contributed by atoms with van der Waals surface area (Å²) < 4.78 is 11.7. The molecule has 0 saturated heterocycles. The van der Waals surface area contributed by atoms with Crippen LogP contribution in [-0.2, 0) is 16.2 Å². The zero-order valence-electron chi connectivity index (χ0n) is 24.1. The third-order valence-electron chi connectivity index (χ3n) is 10.9. The lowest BCUT2D eigenvalue weighted by Crippen LogP contribution is -2.62. The van der Waals surface area contributed by atoms with E-state index < -0.39 is 22.5 Å². The van der Waals surface area contributed by atoms with E-state index in [0.717, 1.165) is 24.0 Å². The van der Waals surface area contributed by atoms with Crippen LogP contribution >= 0.6 is 0 Å². The molecule has 2 aromatic carbocycles. The quantitative estimate of drug-likeness (QED) is 0.470. The molecule has 0 aromatic heterocycles. The van der Waals surface area contributed by atoms with Crippen LogP contribution in [0.2, 0.25) is 0 Å². The van der Waals surface area contributed by atoms with E-state index in [9.17, 15) is 19.8 Å². The minimum Gasteiger partial charge on any atom is -0.489 e. The number of carbonyl (C=O) groups excluding carboxylic acids is 2. The maximum atomic E-state index is 13.6. The van der Waals surface area contributed by atoms with E-state index in [0.29, 0.717) is 30.9 Å². The summed E-state index contributed by atoms with van der Waals surface area (Å²) in [6, 6.07) is 17.1. The topological polar surface area (TPSA) is 93.1 Å². The van der Waals surface area contributed by atoms with Crippen molar-refractivity contribution < 1.29 is 29.3 Å². The monoisotopic (exact) mass is 556 g/mol. The van der Waals surface area contributed by atoms with E-state index in [1.807, 2.05) is 55.5 Å². The summed E-state index contributed by atoms with van der Waals surface area (Å²) in [6.45, 7) is 6.50. The van der Waals surface area contributed by atoms with Gasteiger partial charge in [-0.2, -0.15) is 0 Å². The van der Waals surface area contributed by atoms with Gasteiger partial charge in [-0.25, -0.2) is 0 Å². The second kappa shape index (κ2) is 10.2. The van der Waals surface area contributed by atoms with Crippen molar-refractivity contribution in [2.75, 3.05) is 6.61 Å². The average Bonchev–Trinajstić information content (AvgIpc) is 3.23. The summed E-state index contributed by atoms with van der Waals surface area (Å²) in [5.74, 6) is 1.28. The fourth-order valence-electron chi connectivity index (χ4n) is 8.85. The van der Waals surface area contributed by atoms with Crippen molar-refractivity contribution in [3.05, 3.63) is 84.0 Å². The van der Waals surface area contributed by atoms with Crippen LogP contribution in [0.5, 0.6) is 11.5 Å². The van der Waals surface area contributed by atoms with Gasteiger partial charge >= 0.3 is 0 Å². The first-order valence-electron chi connectivity index (χ1n) is 14.8. The molecule has 0 amide bonds. The Bertz CT molecular complexity index is 1380. The van der Waals surface area contributed by atoms with Crippen LogP contribution in [0.4, 0.5) is 0 Å². The zero-order valence-corrected chi connectivity index (χ0v) is 24.1. The highest BCUT2D eigenvalue weighted by atomic mass is 16.5. The van der Waals surface area contributed by atoms with Crippen molar-refractivity contribution in [2.45, 2.75) is 64.8 Å². The standard InChI is InChI=1S/C35H40O6/c1-22-17-27-28-14-16-35(39,34(28,3)19-30(37)32(27)33(2)15-13-24(36)18-29(22)33)31(38)21-41-26-11-9-25(10-12-26)40-20-23-7-5-4-6-8-23/h4-13,15,18,22,27-28,30,32,37,39H,14,16-17,19-21H2,1-3H3/t22-,27?,28?,30?,32?,33?,34?,35-/m0/s1. The molecule has 6 heteroatoms.